The molecule has 0 unspecified atom stereocenters. The van der Waals surface area contributed by atoms with Gasteiger partial charge in [0.1, 0.15) is 6.33 Å². The minimum atomic E-state index is -0.451. The number of amides is 2. The van der Waals surface area contributed by atoms with Crippen LogP contribution in [-0.2, 0) is 0 Å². The number of aryl methyl sites for hydroxylation is 1. The number of aromatic nitrogens is 4. The van der Waals surface area contributed by atoms with Gasteiger partial charge < -0.3 is 5.32 Å². The largest absolute Gasteiger partial charge is 0.324 e. The molecule has 0 saturated carbocycles. The highest BCUT2D eigenvalue weighted by atomic mass is 127. The van der Waals surface area contributed by atoms with Crippen molar-refractivity contribution in [2.45, 2.75) is 6.92 Å². The van der Waals surface area contributed by atoms with Gasteiger partial charge in [-0.25, -0.2) is 19.9 Å². The molecule has 4 rings (SSSR count). The van der Waals surface area contributed by atoms with Crippen molar-refractivity contribution in [3.8, 4) is 11.3 Å². The standard InChI is InChI=1S/C23H18IN7O2/c1-14-6-7-15(21(32)30-31-22(33)17-4-2-3-5-18(17)24)10-20(14)29-23-27-9-8-19(28-23)16-11-25-13-26-12-16/h2-13H,1H3,(H,30,32)(H,31,33)(H,27,28,29). The molecular weight excluding hydrogens is 533 g/mol. The van der Waals surface area contributed by atoms with E-state index in [0.29, 0.717) is 28.5 Å². The van der Waals surface area contributed by atoms with Crippen LogP contribution in [0.1, 0.15) is 26.3 Å². The summed E-state index contributed by atoms with van der Waals surface area (Å²) in [5.41, 5.74) is 8.72. The molecule has 0 atom stereocenters. The van der Waals surface area contributed by atoms with Crippen LogP contribution >= 0.6 is 22.6 Å². The van der Waals surface area contributed by atoms with E-state index in [0.717, 1.165) is 14.7 Å². The maximum absolute atomic E-state index is 12.6. The molecule has 3 N–H and O–H groups in total. The first-order valence-electron chi connectivity index (χ1n) is 9.82. The average molecular weight is 551 g/mol. The first kappa shape index (κ1) is 22.3. The van der Waals surface area contributed by atoms with E-state index in [1.807, 2.05) is 19.1 Å². The minimum absolute atomic E-state index is 0.360. The zero-order valence-corrected chi connectivity index (χ0v) is 19.6. The van der Waals surface area contributed by atoms with Crippen LogP contribution < -0.4 is 16.2 Å². The number of carbonyl (C=O) groups excluding carboxylic acids is 2. The second kappa shape index (κ2) is 10.1. The zero-order valence-electron chi connectivity index (χ0n) is 17.4. The minimum Gasteiger partial charge on any atom is -0.324 e. The molecule has 0 aliphatic rings. The van der Waals surface area contributed by atoms with Crippen molar-refractivity contribution in [2.75, 3.05) is 5.32 Å². The molecule has 2 heterocycles. The molecule has 0 fully saturated rings. The second-order valence-corrected chi connectivity index (χ2v) is 8.10. The number of carbonyl (C=O) groups is 2. The second-order valence-electron chi connectivity index (χ2n) is 6.94. The van der Waals surface area contributed by atoms with Crippen LogP contribution in [0, 0.1) is 10.5 Å². The number of benzene rings is 2. The highest BCUT2D eigenvalue weighted by Gasteiger charge is 2.13. The van der Waals surface area contributed by atoms with Crippen LogP contribution in [0.15, 0.2) is 73.4 Å². The van der Waals surface area contributed by atoms with E-state index >= 15 is 0 Å². The number of nitrogens with one attached hydrogen (secondary N) is 3. The fourth-order valence-corrected chi connectivity index (χ4v) is 3.56. The van der Waals surface area contributed by atoms with Gasteiger partial charge in [-0.1, -0.05) is 18.2 Å². The third-order valence-corrected chi connectivity index (χ3v) is 5.61. The molecule has 0 spiro atoms. The SMILES string of the molecule is Cc1ccc(C(=O)NNC(=O)c2ccccc2I)cc1Nc1nccc(-c2cncnc2)n1. The number of hydrazine groups is 1. The third kappa shape index (κ3) is 5.47. The molecular formula is C23H18IN7O2. The molecule has 2 amide bonds. The predicted octanol–water partition coefficient (Wildman–Crippen LogP) is 3.67. The summed E-state index contributed by atoms with van der Waals surface area (Å²) >= 11 is 2.07. The summed E-state index contributed by atoms with van der Waals surface area (Å²) in [6, 6.07) is 14.0. The number of anilines is 2. The first-order valence-corrected chi connectivity index (χ1v) is 10.9. The van der Waals surface area contributed by atoms with Gasteiger partial charge in [0.15, 0.2) is 0 Å². The van der Waals surface area contributed by atoms with Gasteiger partial charge in [0.05, 0.1) is 11.3 Å². The summed E-state index contributed by atoms with van der Waals surface area (Å²) in [5.74, 6) is -0.480. The fraction of sp³-hybridized carbons (Fsp3) is 0.0435. The molecule has 0 aliphatic carbocycles. The lowest BCUT2D eigenvalue weighted by atomic mass is 10.1. The molecule has 2 aromatic heterocycles. The number of hydrogen-bond donors (Lipinski definition) is 3. The molecule has 0 radical (unpaired) electrons. The van der Waals surface area contributed by atoms with Crippen molar-refractivity contribution in [1.82, 2.24) is 30.8 Å². The quantitative estimate of drug-likeness (QED) is 0.256. The summed E-state index contributed by atoms with van der Waals surface area (Å²) in [5, 5.41) is 3.14. The highest BCUT2D eigenvalue weighted by Crippen LogP contribution is 2.22. The van der Waals surface area contributed by atoms with Crippen LogP contribution in [0.3, 0.4) is 0 Å². The van der Waals surface area contributed by atoms with E-state index in [1.54, 1.807) is 55.0 Å². The van der Waals surface area contributed by atoms with E-state index in [9.17, 15) is 9.59 Å². The Kier molecular flexibility index (Phi) is 6.83. The van der Waals surface area contributed by atoms with Crippen LogP contribution in [-0.4, -0.2) is 31.8 Å². The lowest BCUT2D eigenvalue weighted by Crippen LogP contribution is -2.41. The van der Waals surface area contributed by atoms with E-state index in [4.69, 9.17) is 0 Å². The van der Waals surface area contributed by atoms with Crippen molar-refractivity contribution in [1.29, 1.82) is 0 Å². The Morgan fingerprint density at radius 2 is 1.70 bits per heavy atom. The molecule has 0 saturated heterocycles. The molecule has 164 valence electrons. The molecule has 9 nitrogen and oxygen atoms in total. The first-order chi connectivity index (χ1) is 16.0. The van der Waals surface area contributed by atoms with Gasteiger partial charge in [-0.2, -0.15) is 0 Å². The summed E-state index contributed by atoms with van der Waals surface area (Å²) in [7, 11) is 0. The average Bonchev–Trinajstić information content (AvgIpc) is 2.84. The van der Waals surface area contributed by atoms with Crippen LogP contribution in [0.25, 0.3) is 11.3 Å². The van der Waals surface area contributed by atoms with Gasteiger partial charge in [0, 0.05) is 39.0 Å². The van der Waals surface area contributed by atoms with Crippen molar-refractivity contribution in [3.05, 3.63) is 93.7 Å². The van der Waals surface area contributed by atoms with Gasteiger partial charge in [-0.05, 0) is 65.4 Å². The Bertz CT molecular complexity index is 1320. The number of halogens is 1. The molecule has 4 aromatic rings. The zero-order chi connectivity index (χ0) is 23.2. The van der Waals surface area contributed by atoms with Crippen molar-refractivity contribution in [3.63, 3.8) is 0 Å². The Hall–Kier alpha value is -3.93. The van der Waals surface area contributed by atoms with Crippen LogP contribution in [0.5, 0.6) is 0 Å². The normalized spacial score (nSPS) is 10.4. The summed E-state index contributed by atoms with van der Waals surface area (Å²) in [6.07, 6.45) is 6.41. The van der Waals surface area contributed by atoms with Crippen LogP contribution in [0.4, 0.5) is 11.6 Å². The summed E-state index contributed by atoms with van der Waals surface area (Å²) < 4.78 is 0.785. The van der Waals surface area contributed by atoms with E-state index < -0.39 is 11.8 Å². The highest BCUT2D eigenvalue weighted by molar-refractivity contribution is 14.1. The number of nitrogens with zero attached hydrogens (tertiary/aromatic N) is 4. The van der Waals surface area contributed by atoms with Crippen molar-refractivity contribution >= 4 is 46.0 Å². The Morgan fingerprint density at radius 1 is 0.939 bits per heavy atom. The maximum Gasteiger partial charge on any atom is 0.270 e. The number of hydrogen-bond acceptors (Lipinski definition) is 7. The third-order valence-electron chi connectivity index (χ3n) is 4.67. The Labute approximate surface area is 203 Å². The van der Waals surface area contributed by atoms with Crippen molar-refractivity contribution < 1.29 is 9.59 Å². The van der Waals surface area contributed by atoms with Crippen molar-refractivity contribution in [2.24, 2.45) is 0 Å². The fourth-order valence-electron chi connectivity index (χ4n) is 2.93. The van der Waals surface area contributed by atoms with E-state index in [-0.39, 0.29) is 0 Å². The van der Waals surface area contributed by atoms with Gasteiger partial charge in [-0.3, -0.25) is 20.4 Å². The molecule has 10 heteroatoms. The smallest absolute Gasteiger partial charge is 0.270 e. The summed E-state index contributed by atoms with van der Waals surface area (Å²) in [6.45, 7) is 1.90. The van der Waals surface area contributed by atoms with Gasteiger partial charge in [0.25, 0.3) is 11.8 Å². The summed E-state index contributed by atoms with van der Waals surface area (Å²) in [4.78, 5) is 41.7. The Balaban J connectivity index is 1.47. The molecule has 2 aromatic carbocycles. The van der Waals surface area contributed by atoms with Crippen LogP contribution in [0.2, 0.25) is 0 Å². The van der Waals surface area contributed by atoms with E-state index in [2.05, 4.69) is 58.7 Å². The lowest BCUT2D eigenvalue weighted by molar-refractivity contribution is 0.0846. The predicted molar refractivity (Wildman–Crippen MR) is 132 cm³/mol. The monoisotopic (exact) mass is 551 g/mol. The van der Waals surface area contributed by atoms with Gasteiger partial charge in [-0.15, -0.1) is 0 Å². The lowest BCUT2D eigenvalue weighted by Gasteiger charge is -2.12. The van der Waals surface area contributed by atoms with Gasteiger partial charge in [0.2, 0.25) is 5.95 Å². The van der Waals surface area contributed by atoms with Gasteiger partial charge >= 0.3 is 0 Å². The molecule has 0 aliphatic heterocycles. The van der Waals surface area contributed by atoms with E-state index in [1.165, 1.54) is 6.33 Å². The Morgan fingerprint density at radius 3 is 2.48 bits per heavy atom. The topological polar surface area (TPSA) is 122 Å². The molecule has 0 bridgehead atoms. The molecule has 33 heavy (non-hydrogen) atoms. The maximum atomic E-state index is 12.6. The number of rotatable bonds is 5.